The van der Waals surface area contributed by atoms with E-state index < -0.39 is 86.7 Å². The first kappa shape index (κ1) is 64.1. The monoisotopic (exact) mass is 997 g/mol. The molecule has 0 bridgehead atoms. The van der Waals surface area contributed by atoms with Crippen molar-refractivity contribution in [2.24, 2.45) is 0 Å². The number of aliphatic hydroxyl groups is 7. The van der Waals surface area contributed by atoms with Crippen molar-refractivity contribution >= 4 is 5.97 Å². The van der Waals surface area contributed by atoms with E-state index in [9.17, 15) is 40.5 Å². The Morgan fingerprint density at radius 2 is 0.900 bits per heavy atom. The molecular weight excluding hydrogens is 897 g/mol. The molecule has 0 spiro atoms. The summed E-state index contributed by atoms with van der Waals surface area (Å²) in [6.07, 6.45) is 34.9. The van der Waals surface area contributed by atoms with E-state index in [2.05, 4.69) is 50.3 Å². The van der Waals surface area contributed by atoms with Gasteiger partial charge in [-0.15, -0.1) is 0 Å². The Balaban J connectivity index is 1.71. The fourth-order valence-corrected chi connectivity index (χ4v) is 8.65. The minimum atomic E-state index is -1.72. The van der Waals surface area contributed by atoms with Gasteiger partial charge in [-0.05, 0) is 38.5 Å². The molecule has 70 heavy (non-hydrogen) atoms. The zero-order valence-electron chi connectivity index (χ0n) is 43.5. The van der Waals surface area contributed by atoms with Crippen LogP contribution in [0.4, 0.5) is 0 Å². The fraction of sp³-hybridized carbons (Fsp3) is 0.839. The maximum Gasteiger partial charge on any atom is 0.306 e. The summed E-state index contributed by atoms with van der Waals surface area (Å²) in [5.74, 6) is -0.453. The van der Waals surface area contributed by atoms with Gasteiger partial charge in [-0.2, -0.15) is 0 Å². The minimum Gasteiger partial charge on any atom is -0.457 e. The van der Waals surface area contributed by atoms with Crippen LogP contribution in [0.5, 0.6) is 0 Å². The first-order valence-corrected chi connectivity index (χ1v) is 27.7. The van der Waals surface area contributed by atoms with E-state index in [0.717, 1.165) is 44.9 Å². The maximum atomic E-state index is 13.0. The van der Waals surface area contributed by atoms with E-state index in [1.165, 1.54) is 128 Å². The van der Waals surface area contributed by atoms with Crippen molar-refractivity contribution in [2.45, 2.75) is 268 Å². The van der Waals surface area contributed by atoms with Crippen molar-refractivity contribution in [3.63, 3.8) is 0 Å². The molecule has 7 N–H and O–H groups in total. The molecule has 0 aromatic carbocycles. The predicted molar refractivity (Wildman–Crippen MR) is 275 cm³/mol. The third kappa shape index (κ3) is 30.2. The van der Waals surface area contributed by atoms with Gasteiger partial charge in [-0.25, -0.2) is 0 Å². The number of hydrogen-bond acceptors (Lipinski definition) is 14. The first-order valence-electron chi connectivity index (χ1n) is 27.7. The molecule has 0 amide bonds. The molecule has 0 aromatic heterocycles. The topological polar surface area (TPSA) is 214 Å². The van der Waals surface area contributed by atoms with E-state index in [-0.39, 0.29) is 19.6 Å². The Hall–Kier alpha value is -2.05. The second-order valence-electron chi connectivity index (χ2n) is 19.4. The lowest BCUT2D eigenvalue weighted by atomic mass is 9.98. The summed E-state index contributed by atoms with van der Waals surface area (Å²) in [7, 11) is 0. The average molecular weight is 997 g/mol. The third-order valence-corrected chi connectivity index (χ3v) is 13.1. The van der Waals surface area contributed by atoms with Crippen molar-refractivity contribution in [1.82, 2.24) is 0 Å². The number of esters is 1. The van der Waals surface area contributed by atoms with Crippen LogP contribution in [-0.4, -0.2) is 142 Å². The first-order chi connectivity index (χ1) is 34.1. The summed E-state index contributed by atoms with van der Waals surface area (Å²) in [6.45, 7) is 3.50. The van der Waals surface area contributed by atoms with Gasteiger partial charge >= 0.3 is 5.97 Å². The fourth-order valence-electron chi connectivity index (χ4n) is 8.65. The van der Waals surface area contributed by atoms with Gasteiger partial charge in [0.2, 0.25) is 0 Å². The van der Waals surface area contributed by atoms with Gasteiger partial charge in [0.15, 0.2) is 12.6 Å². The molecule has 408 valence electrons. The van der Waals surface area contributed by atoms with E-state index in [4.69, 9.17) is 28.4 Å². The Bertz CT molecular complexity index is 1340. The van der Waals surface area contributed by atoms with E-state index in [0.29, 0.717) is 13.0 Å². The second-order valence-corrected chi connectivity index (χ2v) is 19.4. The Kier molecular flexibility index (Phi) is 39.7. The highest BCUT2D eigenvalue weighted by molar-refractivity contribution is 5.69. The average Bonchev–Trinajstić information content (AvgIpc) is 3.36. The highest BCUT2D eigenvalue weighted by atomic mass is 16.7. The molecule has 14 nitrogen and oxygen atoms in total. The number of rotatable bonds is 44. The van der Waals surface area contributed by atoms with Crippen molar-refractivity contribution in [3.8, 4) is 0 Å². The van der Waals surface area contributed by atoms with E-state index >= 15 is 0 Å². The maximum absolute atomic E-state index is 13.0. The van der Waals surface area contributed by atoms with E-state index in [1.807, 2.05) is 12.2 Å². The molecule has 0 aliphatic carbocycles. The second kappa shape index (κ2) is 43.4. The van der Waals surface area contributed by atoms with Crippen molar-refractivity contribution in [2.75, 3.05) is 33.0 Å². The molecule has 2 saturated heterocycles. The zero-order valence-corrected chi connectivity index (χ0v) is 43.5. The molecule has 0 saturated carbocycles. The summed E-state index contributed by atoms with van der Waals surface area (Å²) in [5.41, 5.74) is 0. The van der Waals surface area contributed by atoms with Crippen LogP contribution >= 0.6 is 0 Å². The molecule has 2 fully saturated rings. The van der Waals surface area contributed by atoms with Gasteiger partial charge < -0.3 is 64.2 Å². The summed E-state index contributed by atoms with van der Waals surface area (Å²) in [4.78, 5) is 13.0. The highest BCUT2D eigenvalue weighted by Gasteiger charge is 2.47. The number of aliphatic hydroxyl groups excluding tert-OH is 7. The molecule has 0 aromatic rings. The predicted octanol–water partition coefficient (Wildman–Crippen LogP) is 9.13. The SMILES string of the molecule is CC/C=C\C/C=C\C/C=C\C/C=C\CCC(=O)OC(COCCCCCCCCCCCCCCCCCCCCCCCCC)COC1OC(COC2OC(CO)C(O)C(O)C2O)C(O)C(O)C1O. The van der Waals surface area contributed by atoms with Crippen LogP contribution in [0.3, 0.4) is 0 Å². The van der Waals surface area contributed by atoms with Crippen LogP contribution in [0.2, 0.25) is 0 Å². The van der Waals surface area contributed by atoms with Gasteiger partial charge in [0, 0.05) is 13.0 Å². The zero-order chi connectivity index (χ0) is 50.9. The summed E-state index contributed by atoms with van der Waals surface area (Å²) in [6, 6.07) is 0. The molecule has 14 heteroatoms. The standard InChI is InChI=1S/C56H100O14/c1-3-5-7-9-11-13-15-17-18-19-20-21-22-23-24-25-26-28-30-32-34-36-38-40-65-42-45(68-48(58)39-37-35-33-31-29-27-16-14-12-10-8-6-4-2)43-66-55-54(64)52(62)50(60)47(70-55)44-67-56-53(63)51(61)49(59)46(41-57)69-56/h6,8,12,14,27,29,33,35,45-47,49-57,59-64H,3-5,7,9-11,13,15-26,28,30-32,34,36-44H2,1-2H3/b8-6-,14-12-,29-27-,35-33-. The quantitative estimate of drug-likeness (QED) is 0.0172. The number of hydrogen-bond donors (Lipinski definition) is 7. The van der Waals surface area contributed by atoms with Gasteiger partial charge in [0.25, 0.3) is 0 Å². The lowest BCUT2D eigenvalue weighted by Crippen LogP contribution is -2.61. The highest BCUT2D eigenvalue weighted by Crippen LogP contribution is 2.26. The summed E-state index contributed by atoms with van der Waals surface area (Å²) >= 11 is 0. The molecule has 2 heterocycles. The van der Waals surface area contributed by atoms with Crippen molar-refractivity contribution in [1.29, 1.82) is 0 Å². The molecule has 2 aliphatic rings. The molecular formula is C56H100O14. The molecule has 2 rings (SSSR count). The molecule has 2 aliphatic heterocycles. The van der Waals surface area contributed by atoms with Crippen LogP contribution in [0, 0.1) is 0 Å². The van der Waals surface area contributed by atoms with Crippen LogP contribution in [0.25, 0.3) is 0 Å². The molecule has 0 radical (unpaired) electrons. The van der Waals surface area contributed by atoms with Gasteiger partial charge in [0.05, 0.1) is 26.4 Å². The normalized spacial score (nSPS) is 25.8. The molecule has 11 unspecified atom stereocenters. The van der Waals surface area contributed by atoms with E-state index in [1.54, 1.807) is 0 Å². The smallest absolute Gasteiger partial charge is 0.306 e. The lowest BCUT2D eigenvalue weighted by Gasteiger charge is -2.42. The number of ether oxygens (including phenoxy) is 6. The Labute approximate surface area is 422 Å². The van der Waals surface area contributed by atoms with Crippen LogP contribution < -0.4 is 0 Å². The van der Waals surface area contributed by atoms with Gasteiger partial charge in [-0.3, -0.25) is 4.79 Å². The largest absolute Gasteiger partial charge is 0.457 e. The summed E-state index contributed by atoms with van der Waals surface area (Å²) < 4.78 is 34.2. The van der Waals surface area contributed by atoms with Crippen LogP contribution in [-0.2, 0) is 33.2 Å². The minimum absolute atomic E-state index is 0.0344. The number of allylic oxidation sites excluding steroid dienone is 8. The summed E-state index contributed by atoms with van der Waals surface area (Å²) in [5, 5.41) is 72.2. The lowest BCUT2D eigenvalue weighted by molar-refractivity contribution is -0.332. The third-order valence-electron chi connectivity index (χ3n) is 13.1. The van der Waals surface area contributed by atoms with Crippen molar-refractivity contribution in [3.05, 3.63) is 48.6 Å². The van der Waals surface area contributed by atoms with Gasteiger partial charge in [0.1, 0.15) is 54.9 Å². The number of carbonyl (C=O) groups is 1. The van der Waals surface area contributed by atoms with Crippen LogP contribution in [0.15, 0.2) is 48.6 Å². The Morgan fingerprint density at radius 1 is 0.486 bits per heavy atom. The van der Waals surface area contributed by atoms with Crippen LogP contribution in [0.1, 0.15) is 200 Å². The number of carbonyl (C=O) groups excluding carboxylic acids is 1. The van der Waals surface area contributed by atoms with Crippen molar-refractivity contribution < 1.29 is 69.0 Å². The molecule has 11 atom stereocenters. The van der Waals surface area contributed by atoms with Gasteiger partial charge in [-0.1, -0.05) is 204 Å². The Morgan fingerprint density at radius 3 is 1.37 bits per heavy atom. The number of unbranched alkanes of at least 4 members (excludes halogenated alkanes) is 22.